The predicted octanol–water partition coefficient (Wildman–Crippen LogP) is 0.931. The normalized spacial score (nSPS) is 10.0. The number of rotatable bonds is 3. The highest BCUT2D eigenvalue weighted by Gasteiger charge is 2.02. The van der Waals surface area contributed by atoms with E-state index in [2.05, 4.69) is 9.97 Å². The summed E-state index contributed by atoms with van der Waals surface area (Å²) in [7, 11) is 0. The van der Waals surface area contributed by atoms with Crippen LogP contribution >= 0.6 is 0 Å². The molecule has 0 fully saturated rings. The number of benzene rings is 1. The topological polar surface area (TPSA) is 81.0 Å². The van der Waals surface area contributed by atoms with Crippen molar-refractivity contribution in [1.29, 1.82) is 0 Å². The summed E-state index contributed by atoms with van der Waals surface area (Å²) < 4.78 is 5.38. The number of nitrogens with zero attached hydrogens (tertiary/aromatic N) is 1. The van der Waals surface area contributed by atoms with Crippen LogP contribution in [0.3, 0.4) is 0 Å². The minimum Gasteiger partial charge on any atom is -0.473 e. The fourth-order valence-corrected chi connectivity index (χ4v) is 1.24. The van der Waals surface area contributed by atoms with Crippen molar-refractivity contribution < 1.29 is 4.74 Å². The first-order chi connectivity index (χ1) is 7.75. The standard InChI is InChI=1S/C11H11N3O2/c12-9-6-13-11(15)14-10(9)16-7-8-4-2-1-3-5-8/h1-6H,7,12H2,(H,13,14,15). The van der Waals surface area contributed by atoms with E-state index in [1.807, 2.05) is 30.3 Å². The summed E-state index contributed by atoms with van der Waals surface area (Å²) in [6.07, 6.45) is 1.28. The second-order valence-electron chi connectivity index (χ2n) is 3.25. The Bertz CT molecular complexity index is 522. The minimum atomic E-state index is -0.475. The van der Waals surface area contributed by atoms with Gasteiger partial charge in [0, 0.05) is 0 Å². The van der Waals surface area contributed by atoms with E-state index in [-0.39, 0.29) is 5.88 Å². The van der Waals surface area contributed by atoms with Crippen LogP contribution in [0.5, 0.6) is 5.88 Å². The summed E-state index contributed by atoms with van der Waals surface area (Å²) in [6, 6.07) is 9.60. The van der Waals surface area contributed by atoms with Gasteiger partial charge in [-0.05, 0) is 5.56 Å². The van der Waals surface area contributed by atoms with E-state index in [4.69, 9.17) is 10.5 Å². The molecule has 1 aromatic carbocycles. The highest BCUT2D eigenvalue weighted by atomic mass is 16.5. The Kier molecular flexibility index (Phi) is 2.86. The maximum Gasteiger partial charge on any atom is 0.347 e. The maximum absolute atomic E-state index is 11.0. The molecule has 1 heterocycles. The van der Waals surface area contributed by atoms with Crippen LogP contribution < -0.4 is 16.2 Å². The molecule has 1 aromatic heterocycles. The molecular weight excluding hydrogens is 206 g/mol. The third-order valence-electron chi connectivity index (χ3n) is 2.03. The highest BCUT2D eigenvalue weighted by molar-refractivity contribution is 5.44. The molecule has 0 bridgehead atoms. The zero-order valence-electron chi connectivity index (χ0n) is 8.51. The quantitative estimate of drug-likeness (QED) is 0.801. The summed E-state index contributed by atoms with van der Waals surface area (Å²) in [5, 5.41) is 0. The summed E-state index contributed by atoms with van der Waals surface area (Å²) in [6.45, 7) is 0.352. The van der Waals surface area contributed by atoms with Gasteiger partial charge in [0.15, 0.2) is 0 Å². The number of aromatic nitrogens is 2. The van der Waals surface area contributed by atoms with Crippen LogP contribution in [-0.2, 0) is 6.61 Å². The van der Waals surface area contributed by atoms with Crippen LogP contribution in [0.2, 0.25) is 0 Å². The number of ether oxygens (including phenoxy) is 1. The predicted molar refractivity (Wildman–Crippen MR) is 60.0 cm³/mol. The van der Waals surface area contributed by atoms with Crippen molar-refractivity contribution in [3.63, 3.8) is 0 Å². The van der Waals surface area contributed by atoms with Gasteiger partial charge in [-0.1, -0.05) is 30.3 Å². The van der Waals surface area contributed by atoms with Crippen molar-refractivity contribution in [3.05, 3.63) is 52.6 Å². The number of H-pyrrole nitrogens is 1. The van der Waals surface area contributed by atoms with E-state index >= 15 is 0 Å². The Labute approximate surface area is 91.9 Å². The lowest BCUT2D eigenvalue weighted by atomic mass is 10.2. The Morgan fingerprint density at radius 3 is 2.81 bits per heavy atom. The lowest BCUT2D eigenvalue weighted by molar-refractivity contribution is 0.294. The van der Waals surface area contributed by atoms with Gasteiger partial charge < -0.3 is 10.5 Å². The van der Waals surface area contributed by atoms with Gasteiger partial charge in [-0.15, -0.1) is 0 Å². The first kappa shape index (κ1) is 10.2. The van der Waals surface area contributed by atoms with E-state index in [9.17, 15) is 4.79 Å². The molecule has 2 aromatic rings. The lowest BCUT2D eigenvalue weighted by Gasteiger charge is -2.07. The molecule has 0 saturated heterocycles. The van der Waals surface area contributed by atoms with Crippen molar-refractivity contribution in [2.45, 2.75) is 6.61 Å². The molecule has 0 saturated carbocycles. The SMILES string of the molecule is Nc1cnc(=O)[nH]c1OCc1ccccc1. The molecule has 16 heavy (non-hydrogen) atoms. The van der Waals surface area contributed by atoms with Crippen LogP contribution in [0.1, 0.15) is 5.56 Å². The fraction of sp³-hybridized carbons (Fsp3) is 0.0909. The molecule has 2 rings (SSSR count). The molecule has 0 aliphatic heterocycles. The van der Waals surface area contributed by atoms with E-state index in [1.165, 1.54) is 6.20 Å². The molecular formula is C11H11N3O2. The number of anilines is 1. The van der Waals surface area contributed by atoms with Gasteiger partial charge in [0.25, 0.3) is 0 Å². The smallest absolute Gasteiger partial charge is 0.347 e. The van der Waals surface area contributed by atoms with Crippen molar-refractivity contribution in [3.8, 4) is 5.88 Å². The van der Waals surface area contributed by atoms with Crippen molar-refractivity contribution >= 4 is 5.69 Å². The van der Waals surface area contributed by atoms with Crippen molar-refractivity contribution in [2.24, 2.45) is 0 Å². The monoisotopic (exact) mass is 217 g/mol. The van der Waals surface area contributed by atoms with Crippen LogP contribution in [-0.4, -0.2) is 9.97 Å². The molecule has 82 valence electrons. The van der Waals surface area contributed by atoms with Crippen LogP contribution in [0.4, 0.5) is 5.69 Å². The molecule has 5 heteroatoms. The van der Waals surface area contributed by atoms with Gasteiger partial charge in [-0.3, -0.25) is 4.98 Å². The number of hydrogen-bond donors (Lipinski definition) is 2. The molecule has 0 radical (unpaired) electrons. The maximum atomic E-state index is 11.0. The van der Waals surface area contributed by atoms with Gasteiger partial charge in [-0.25, -0.2) is 4.79 Å². The second kappa shape index (κ2) is 4.48. The second-order valence-corrected chi connectivity index (χ2v) is 3.25. The van der Waals surface area contributed by atoms with E-state index in [1.54, 1.807) is 0 Å². The number of nitrogens with two attached hydrogens (primary N) is 1. The number of nitrogen functional groups attached to an aromatic ring is 1. The average molecular weight is 217 g/mol. The molecule has 0 aliphatic carbocycles. The van der Waals surface area contributed by atoms with E-state index < -0.39 is 5.69 Å². The third kappa shape index (κ3) is 2.38. The van der Waals surface area contributed by atoms with Gasteiger partial charge in [0.05, 0.1) is 6.20 Å². The Balaban J connectivity index is 2.10. The molecule has 5 nitrogen and oxygen atoms in total. The minimum absolute atomic E-state index is 0.254. The average Bonchev–Trinajstić information content (AvgIpc) is 2.32. The Morgan fingerprint density at radius 2 is 2.06 bits per heavy atom. The largest absolute Gasteiger partial charge is 0.473 e. The molecule has 0 spiro atoms. The zero-order chi connectivity index (χ0) is 11.4. The highest BCUT2D eigenvalue weighted by Crippen LogP contribution is 2.14. The molecule has 0 atom stereocenters. The number of nitrogens with one attached hydrogen (secondary N) is 1. The zero-order valence-corrected chi connectivity index (χ0v) is 8.51. The van der Waals surface area contributed by atoms with Crippen LogP contribution in [0, 0.1) is 0 Å². The van der Waals surface area contributed by atoms with Gasteiger partial charge >= 0.3 is 5.69 Å². The fourth-order valence-electron chi connectivity index (χ4n) is 1.24. The summed E-state index contributed by atoms with van der Waals surface area (Å²) >= 11 is 0. The molecule has 3 N–H and O–H groups in total. The lowest BCUT2D eigenvalue weighted by Crippen LogP contribution is -2.13. The summed E-state index contributed by atoms with van der Waals surface area (Å²) in [5.41, 5.74) is 6.44. The van der Waals surface area contributed by atoms with Crippen molar-refractivity contribution in [1.82, 2.24) is 9.97 Å². The van der Waals surface area contributed by atoms with Gasteiger partial charge in [0.1, 0.15) is 12.3 Å². The Hall–Kier alpha value is -2.30. The van der Waals surface area contributed by atoms with E-state index in [0.29, 0.717) is 12.3 Å². The van der Waals surface area contributed by atoms with Gasteiger partial charge in [0.2, 0.25) is 5.88 Å². The summed E-state index contributed by atoms with van der Waals surface area (Å²) in [4.78, 5) is 16.9. The number of aromatic amines is 1. The molecule has 0 unspecified atom stereocenters. The third-order valence-corrected chi connectivity index (χ3v) is 2.03. The molecule has 0 aliphatic rings. The van der Waals surface area contributed by atoms with Crippen LogP contribution in [0.15, 0.2) is 41.3 Å². The number of hydrogen-bond acceptors (Lipinski definition) is 4. The van der Waals surface area contributed by atoms with E-state index in [0.717, 1.165) is 5.56 Å². The summed E-state index contributed by atoms with van der Waals surface area (Å²) in [5.74, 6) is 0.254. The Morgan fingerprint density at radius 1 is 1.31 bits per heavy atom. The first-order valence-corrected chi connectivity index (χ1v) is 4.77. The first-order valence-electron chi connectivity index (χ1n) is 4.77. The van der Waals surface area contributed by atoms with Crippen molar-refractivity contribution in [2.75, 3.05) is 5.73 Å². The van der Waals surface area contributed by atoms with Gasteiger partial charge in [-0.2, -0.15) is 4.98 Å². The van der Waals surface area contributed by atoms with Crippen LogP contribution in [0.25, 0.3) is 0 Å². The molecule has 0 amide bonds.